The van der Waals surface area contributed by atoms with Crippen LogP contribution in [0.3, 0.4) is 0 Å². The molecule has 8 heteroatoms. The van der Waals surface area contributed by atoms with Crippen LogP contribution < -0.4 is 0 Å². The van der Waals surface area contributed by atoms with E-state index in [1.54, 1.807) is 0 Å². The number of hydrogen-bond acceptors (Lipinski definition) is 5. The Kier molecular flexibility index (Phi) is 6.65. The summed E-state index contributed by atoms with van der Waals surface area (Å²) in [7, 11) is 4.00. The summed E-state index contributed by atoms with van der Waals surface area (Å²) in [5, 5.41) is 14.4. The molecule has 0 N–H and O–H groups in total. The average Bonchev–Trinajstić information content (AvgIpc) is 3.01. The summed E-state index contributed by atoms with van der Waals surface area (Å²) in [6.45, 7) is 11.7. The smallest absolute Gasteiger partial charge is 0.191 e. The second-order valence-corrected chi connectivity index (χ2v) is 7.17. The first kappa shape index (κ1) is 18.8. The molecule has 2 rings (SSSR count). The van der Waals surface area contributed by atoms with Gasteiger partial charge in [-0.15, -0.1) is 16.8 Å². The van der Waals surface area contributed by atoms with Gasteiger partial charge in [0, 0.05) is 42.7 Å². The van der Waals surface area contributed by atoms with Gasteiger partial charge >= 0.3 is 0 Å². The molecule has 0 atom stereocenters. The second kappa shape index (κ2) is 8.50. The van der Waals surface area contributed by atoms with Crippen LogP contribution in [0.4, 0.5) is 0 Å². The molecule has 0 radical (unpaired) electrons. The lowest BCUT2D eigenvalue weighted by Gasteiger charge is -2.16. The summed E-state index contributed by atoms with van der Waals surface area (Å²) in [5.41, 5.74) is 2.26. The molecule has 0 amide bonds. The maximum Gasteiger partial charge on any atom is 0.191 e. The quantitative estimate of drug-likeness (QED) is 0.504. The number of hydrogen-bond donors (Lipinski definition) is 0. The van der Waals surface area contributed by atoms with E-state index in [2.05, 4.69) is 45.0 Å². The summed E-state index contributed by atoms with van der Waals surface area (Å²) in [5.74, 6) is 1.52. The Bertz CT molecular complexity index is 720. The highest BCUT2D eigenvalue weighted by Gasteiger charge is 2.15. The molecular weight excluding hydrogens is 344 g/mol. The molecule has 0 fully saturated rings. The number of aromatic nitrogens is 5. The summed E-state index contributed by atoms with van der Waals surface area (Å²) in [6.07, 6.45) is 3.89. The van der Waals surface area contributed by atoms with Crippen LogP contribution in [0.2, 0.25) is 0 Å². The van der Waals surface area contributed by atoms with E-state index in [4.69, 9.17) is 11.6 Å². The molecule has 0 saturated heterocycles. The Labute approximate surface area is 152 Å². The second-order valence-electron chi connectivity index (χ2n) is 5.69. The van der Waals surface area contributed by atoms with Crippen molar-refractivity contribution < 1.29 is 0 Å². The zero-order valence-corrected chi connectivity index (χ0v) is 15.9. The van der Waals surface area contributed by atoms with Gasteiger partial charge in [0.1, 0.15) is 5.82 Å². The fourth-order valence-electron chi connectivity index (χ4n) is 2.39. The van der Waals surface area contributed by atoms with Gasteiger partial charge in [0.2, 0.25) is 0 Å². The Morgan fingerprint density at radius 1 is 1.42 bits per heavy atom. The molecule has 6 nitrogen and oxygen atoms in total. The molecule has 0 aliphatic carbocycles. The third-order valence-corrected chi connectivity index (χ3v) is 4.77. The molecule has 0 aliphatic rings. The molecule has 0 saturated carbocycles. The molecule has 24 heavy (non-hydrogen) atoms. The molecule has 2 heterocycles. The molecule has 0 aromatic carbocycles. The SMILES string of the molecule is C=CCn1c(CN(C)Cc2cn(C)nc2C)nnc1SCC(=C)Cl. The lowest BCUT2D eigenvalue weighted by molar-refractivity contribution is 0.304. The van der Waals surface area contributed by atoms with Gasteiger partial charge in [0.15, 0.2) is 5.16 Å². The standard InChI is InChI=1S/C16H23ClN6S/c1-6-7-23-15(18-19-16(23)24-11-12(2)17)10-21(4)8-14-9-22(5)20-13(14)3/h6,9H,1-2,7-8,10-11H2,3-5H3. The molecule has 2 aromatic heterocycles. The fourth-order valence-corrected chi connectivity index (χ4v) is 3.27. The zero-order valence-electron chi connectivity index (χ0n) is 14.4. The first-order chi connectivity index (χ1) is 11.4. The van der Waals surface area contributed by atoms with Crippen molar-refractivity contribution in [2.75, 3.05) is 12.8 Å². The predicted octanol–water partition coefficient (Wildman–Crippen LogP) is 2.98. The van der Waals surface area contributed by atoms with Gasteiger partial charge in [-0.2, -0.15) is 5.10 Å². The van der Waals surface area contributed by atoms with E-state index in [9.17, 15) is 0 Å². The van der Waals surface area contributed by atoms with E-state index < -0.39 is 0 Å². The van der Waals surface area contributed by atoms with Crippen molar-refractivity contribution in [1.29, 1.82) is 0 Å². The van der Waals surface area contributed by atoms with Gasteiger partial charge < -0.3 is 4.57 Å². The molecule has 0 aliphatic heterocycles. The summed E-state index contributed by atoms with van der Waals surface area (Å²) >= 11 is 7.38. The molecule has 130 valence electrons. The number of allylic oxidation sites excluding steroid dienone is 1. The van der Waals surface area contributed by atoms with E-state index in [1.807, 2.05) is 30.9 Å². The first-order valence-electron chi connectivity index (χ1n) is 7.57. The van der Waals surface area contributed by atoms with Gasteiger partial charge in [-0.05, 0) is 14.0 Å². The fraction of sp³-hybridized carbons (Fsp3) is 0.438. The van der Waals surface area contributed by atoms with Crippen LogP contribution in [-0.2, 0) is 26.7 Å². The van der Waals surface area contributed by atoms with Crippen LogP contribution in [0.15, 0.2) is 35.6 Å². The van der Waals surface area contributed by atoms with Gasteiger partial charge in [0.05, 0.1) is 12.2 Å². The number of halogens is 1. The van der Waals surface area contributed by atoms with Crippen molar-refractivity contribution in [1.82, 2.24) is 29.4 Å². The number of thioether (sulfide) groups is 1. The predicted molar refractivity (Wildman–Crippen MR) is 99.1 cm³/mol. The van der Waals surface area contributed by atoms with E-state index >= 15 is 0 Å². The van der Waals surface area contributed by atoms with Crippen LogP contribution in [-0.4, -0.2) is 42.2 Å². The number of aryl methyl sites for hydroxylation is 2. The van der Waals surface area contributed by atoms with Crippen LogP contribution in [0.1, 0.15) is 17.1 Å². The lowest BCUT2D eigenvalue weighted by Crippen LogP contribution is -2.20. The number of rotatable bonds is 9. The van der Waals surface area contributed by atoms with Crippen molar-refractivity contribution in [2.24, 2.45) is 7.05 Å². The molecule has 0 spiro atoms. The maximum atomic E-state index is 5.85. The van der Waals surface area contributed by atoms with Crippen LogP contribution >= 0.6 is 23.4 Å². The summed E-state index contributed by atoms with van der Waals surface area (Å²) in [6, 6.07) is 0. The Hall–Kier alpha value is -1.57. The zero-order chi connectivity index (χ0) is 17.7. The third-order valence-electron chi connectivity index (χ3n) is 3.43. The highest BCUT2D eigenvalue weighted by atomic mass is 35.5. The van der Waals surface area contributed by atoms with Gasteiger partial charge in [0.25, 0.3) is 0 Å². The van der Waals surface area contributed by atoms with Gasteiger partial charge in [-0.25, -0.2) is 0 Å². The minimum Gasteiger partial charge on any atom is -0.301 e. The monoisotopic (exact) mass is 366 g/mol. The average molecular weight is 367 g/mol. The molecule has 0 unspecified atom stereocenters. The van der Waals surface area contributed by atoms with E-state index in [0.717, 1.165) is 23.2 Å². The third kappa shape index (κ3) is 4.96. The van der Waals surface area contributed by atoms with Crippen LogP contribution in [0, 0.1) is 6.92 Å². The van der Waals surface area contributed by atoms with E-state index in [-0.39, 0.29) is 0 Å². The Morgan fingerprint density at radius 2 is 2.17 bits per heavy atom. The topological polar surface area (TPSA) is 51.8 Å². The van der Waals surface area contributed by atoms with E-state index in [1.165, 1.54) is 17.3 Å². The van der Waals surface area contributed by atoms with Crippen LogP contribution in [0.25, 0.3) is 0 Å². The van der Waals surface area contributed by atoms with Crippen molar-refractivity contribution in [3.63, 3.8) is 0 Å². The minimum atomic E-state index is 0.596. The van der Waals surface area contributed by atoms with Crippen molar-refractivity contribution >= 4 is 23.4 Å². The molecule has 0 bridgehead atoms. The highest BCUT2D eigenvalue weighted by Crippen LogP contribution is 2.21. The molecule has 2 aromatic rings. The van der Waals surface area contributed by atoms with Gasteiger partial charge in [-0.1, -0.05) is 36.0 Å². The highest BCUT2D eigenvalue weighted by molar-refractivity contribution is 7.99. The summed E-state index contributed by atoms with van der Waals surface area (Å²) < 4.78 is 3.90. The maximum absolute atomic E-state index is 5.85. The first-order valence-corrected chi connectivity index (χ1v) is 8.93. The number of nitrogens with zero attached hydrogens (tertiary/aromatic N) is 6. The Balaban J connectivity index is 2.08. The normalized spacial score (nSPS) is 11.2. The van der Waals surface area contributed by atoms with Crippen molar-refractivity contribution in [3.05, 3.63) is 47.5 Å². The largest absolute Gasteiger partial charge is 0.301 e. The minimum absolute atomic E-state index is 0.596. The molecular formula is C16H23ClN6S. The van der Waals surface area contributed by atoms with Gasteiger partial charge in [-0.3, -0.25) is 9.58 Å². The lowest BCUT2D eigenvalue weighted by atomic mass is 10.2. The van der Waals surface area contributed by atoms with E-state index in [0.29, 0.717) is 23.9 Å². The Morgan fingerprint density at radius 3 is 2.75 bits per heavy atom. The van der Waals surface area contributed by atoms with Crippen molar-refractivity contribution in [3.8, 4) is 0 Å². The summed E-state index contributed by atoms with van der Waals surface area (Å²) in [4.78, 5) is 2.20. The van der Waals surface area contributed by atoms with Crippen molar-refractivity contribution in [2.45, 2.75) is 31.7 Å². The van der Waals surface area contributed by atoms with Crippen LogP contribution in [0.5, 0.6) is 0 Å².